The quantitative estimate of drug-likeness (QED) is 0.761. The van der Waals surface area contributed by atoms with Crippen LogP contribution >= 0.6 is 0 Å². The highest BCUT2D eigenvalue weighted by molar-refractivity contribution is 5.98. The Hall–Kier alpha value is -2.41. The lowest BCUT2D eigenvalue weighted by atomic mass is 10.1. The van der Waals surface area contributed by atoms with Gasteiger partial charge in [0.05, 0.1) is 6.04 Å². The third-order valence-electron chi connectivity index (χ3n) is 6.86. The van der Waals surface area contributed by atoms with E-state index in [2.05, 4.69) is 5.32 Å². The number of amides is 3. The number of carbonyl (C=O) groups is 3. The molecule has 1 N–H and O–H groups in total. The maximum atomic E-state index is 13.6. The van der Waals surface area contributed by atoms with E-state index in [1.807, 2.05) is 54.8 Å². The normalized spacial score (nSPS) is 23.9. The zero-order valence-electron chi connectivity index (χ0n) is 19.5. The smallest absolute Gasteiger partial charge is 0.254 e. The van der Waals surface area contributed by atoms with Crippen molar-refractivity contribution in [1.29, 1.82) is 0 Å². The Bertz CT molecular complexity index is 841. The van der Waals surface area contributed by atoms with Gasteiger partial charge in [-0.3, -0.25) is 14.4 Å². The van der Waals surface area contributed by atoms with E-state index in [0.717, 1.165) is 37.9 Å². The summed E-state index contributed by atoms with van der Waals surface area (Å²) < 4.78 is 0. The van der Waals surface area contributed by atoms with Crippen LogP contribution in [0.1, 0.15) is 55.5 Å². The Morgan fingerprint density at radius 3 is 2.41 bits per heavy atom. The van der Waals surface area contributed by atoms with Crippen LogP contribution in [0.15, 0.2) is 24.3 Å². The summed E-state index contributed by atoms with van der Waals surface area (Å²) in [6.45, 7) is 9.30. The van der Waals surface area contributed by atoms with E-state index in [1.54, 1.807) is 4.90 Å². The second-order valence-electron chi connectivity index (χ2n) is 9.79. The minimum absolute atomic E-state index is 0.0180. The van der Waals surface area contributed by atoms with Gasteiger partial charge in [0.15, 0.2) is 0 Å². The lowest BCUT2D eigenvalue weighted by Gasteiger charge is -2.30. The molecule has 2 atom stereocenters. The van der Waals surface area contributed by atoms with Gasteiger partial charge in [0.1, 0.15) is 6.04 Å². The summed E-state index contributed by atoms with van der Waals surface area (Å²) in [7, 11) is 0. The first kappa shape index (κ1) is 22.8. The van der Waals surface area contributed by atoms with Gasteiger partial charge in [0.25, 0.3) is 5.91 Å². The predicted octanol–water partition coefficient (Wildman–Crippen LogP) is 2.05. The molecule has 3 aliphatic rings. The number of nitrogens with one attached hydrogen (secondary N) is 1. The molecule has 0 aromatic heterocycles. The molecule has 2 saturated heterocycles. The van der Waals surface area contributed by atoms with Crippen LogP contribution in [-0.4, -0.2) is 83.3 Å². The number of hydrogen-bond donors (Lipinski definition) is 1. The molecular weight excluding hydrogens is 404 g/mol. The Morgan fingerprint density at radius 1 is 1.03 bits per heavy atom. The standard InChI is InChI=1S/C25H36N4O3/c1-17(2)23(30)29(20-9-10-20)21-15-22(25(32)27-13-4-11-26-12-14-27)28(16-21)24(31)19-7-5-18(3)6-8-19/h5-8,17,20-22,26H,4,9-16H2,1-3H3. The number of rotatable bonds is 5. The molecule has 32 heavy (non-hydrogen) atoms. The zero-order chi connectivity index (χ0) is 22.8. The van der Waals surface area contributed by atoms with Crippen molar-refractivity contribution in [3.63, 3.8) is 0 Å². The molecule has 2 heterocycles. The monoisotopic (exact) mass is 440 g/mol. The molecule has 4 rings (SSSR count). The number of nitrogens with zero attached hydrogens (tertiary/aromatic N) is 3. The molecule has 7 nitrogen and oxygen atoms in total. The molecule has 2 aliphatic heterocycles. The molecule has 0 bridgehead atoms. The number of benzene rings is 1. The summed E-state index contributed by atoms with van der Waals surface area (Å²) in [6.07, 6.45) is 3.46. The van der Waals surface area contributed by atoms with Gasteiger partial charge in [0, 0.05) is 43.7 Å². The number of aryl methyl sites for hydroxylation is 1. The van der Waals surface area contributed by atoms with Crippen LogP contribution < -0.4 is 5.32 Å². The fourth-order valence-corrected chi connectivity index (χ4v) is 4.92. The maximum Gasteiger partial charge on any atom is 0.254 e. The molecule has 1 aliphatic carbocycles. The van der Waals surface area contributed by atoms with Crippen LogP contribution in [0.4, 0.5) is 0 Å². The minimum Gasteiger partial charge on any atom is -0.340 e. The largest absolute Gasteiger partial charge is 0.340 e. The Morgan fingerprint density at radius 2 is 1.75 bits per heavy atom. The first-order chi connectivity index (χ1) is 15.4. The molecule has 2 unspecified atom stereocenters. The van der Waals surface area contributed by atoms with Gasteiger partial charge in [0.2, 0.25) is 11.8 Å². The van der Waals surface area contributed by atoms with Gasteiger partial charge >= 0.3 is 0 Å². The molecule has 1 aromatic carbocycles. The van der Waals surface area contributed by atoms with Crippen molar-refractivity contribution in [2.75, 3.05) is 32.7 Å². The van der Waals surface area contributed by atoms with Crippen molar-refractivity contribution >= 4 is 17.7 Å². The third kappa shape index (κ3) is 4.82. The number of hydrogen-bond acceptors (Lipinski definition) is 4. The maximum absolute atomic E-state index is 13.6. The molecular formula is C25H36N4O3. The molecule has 3 fully saturated rings. The zero-order valence-corrected chi connectivity index (χ0v) is 19.5. The molecule has 1 aromatic rings. The second kappa shape index (κ2) is 9.61. The van der Waals surface area contributed by atoms with Crippen molar-refractivity contribution in [1.82, 2.24) is 20.0 Å². The molecule has 7 heteroatoms. The van der Waals surface area contributed by atoms with E-state index >= 15 is 0 Å². The SMILES string of the molecule is Cc1ccc(C(=O)N2CC(N(C(=O)C(C)C)C3CC3)CC2C(=O)N2CCCNCC2)cc1. The summed E-state index contributed by atoms with van der Waals surface area (Å²) in [5.41, 5.74) is 1.69. The highest BCUT2D eigenvalue weighted by Gasteiger charge is 2.48. The summed E-state index contributed by atoms with van der Waals surface area (Å²) in [5.74, 6) is -0.0634. The van der Waals surface area contributed by atoms with E-state index in [0.29, 0.717) is 31.6 Å². The molecule has 0 spiro atoms. The lowest BCUT2D eigenvalue weighted by molar-refractivity contribution is -0.138. The van der Waals surface area contributed by atoms with E-state index in [9.17, 15) is 14.4 Å². The molecule has 3 amide bonds. The fourth-order valence-electron chi connectivity index (χ4n) is 4.92. The van der Waals surface area contributed by atoms with Crippen molar-refractivity contribution < 1.29 is 14.4 Å². The van der Waals surface area contributed by atoms with Crippen molar-refractivity contribution in [2.45, 2.75) is 64.6 Å². The van der Waals surface area contributed by atoms with Crippen molar-refractivity contribution in [3.8, 4) is 0 Å². The topological polar surface area (TPSA) is 73.0 Å². The molecule has 0 radical (unpaired) electrons. The molecule has 174 valence electrons. The van der Waals surface area contributed by atoms with Crippen LogP contribution in [0.2, 0.25) is 0 Å². The van der Waals surface area contributed by atoms with Crippen LogP contribution in [0.5, 0.6) is 0 Å². The van der Waals surface area contributed by atoms with Gasteiger partial charge in [-0.2, -0.15) is 0 Å². The van der Waals surface area contributed by atoms with Crippen LogP contribution in [0.25, 0.3) is 0 Å². The fraction of sp³-hybridized carbons (Fsp3) is 0.640. The van der Waals surface area contributed by atoms with E-state index in [-0.39, 0.29) is 35.7 Å². The first-order valence-corrected chi connectivity index (χ1v) is 12.1. The van der Waals surface area contributed by atoms with E-state index in [4.69, 9.17) is 0 Å². The summed E-state index contributed by atoms with van der Waals surface area (Å²) >= 11 is 0. The predicted molar refractivity (Wildman–Crippen MR) is 123 cm³/mol. The summed E-state index contributed by atoms with van der Waals surface area (Å²) in [5, 5.41) is 3.34. The van der Waals surface area contributed by atoms with Gasteiger partial charge in [-0.05, 0) is 51.3 Å². The average Bonchev–Trinajstić information content (AvgIpc) is 3.56. The van der Waals surface area contributed by atoms with Gasteiger partial charge in [-0.1, -0.05) is 31.5 Å². The average molecular weight is 441 g/mol. The summed E-state index contributed by atoms with van der Waals surface area (Å²) in [6, 6.07) is 7.15. The third-order valence-corrected chi connectivity index (χ3v) is 6.86. The van der Waals surface area contributed by atoms with Gasteiger partial charge in [-0.25, -0.2) is 0 Å². The van der Waals surface area contributed by atoms with E-state index < -0.39 is 6.04 Å². The van der Waals surface area contributed by atoms with Crippen molar-refractivity contribution in [3.05, 3.63) is 35.4 Å². The number of likely N-dealkylation sites (tertiary alicyclic amines) is 1. The molecule has 1 saturated carbocycles. The first-order valence-electron chi connectivity index (χ1n) is 12.1. The van der Waals surface area contributed by atoms with Gasteiger partial charge < -0.3 is 20.0 Å². The second-order valence-corrected chi connectivity index (χ2v) is 9.79. The highest BCUT2D eigenvalue weighted by Crippen LogP contribution is 2.35. The van der Waals surface area contributed by atoms with Crippen LogP contribution in [0.3, 0.4) is 0 Å². The van der Waals surface area contributed by atoms with Crippen LogP contribution in [0, 0.1) is 12.8 Å². The Labute approximate surface area is 191 Å². The van der Waals surface area contributed by atoms with Crippen molar-refractivity contribution in [2.24, 2.45) is 5.92 Å². The van der Waals surface area contributed by atoms with Gasteiger partial charge in [-0.15, -0.1) is 0 Å². The Balaban J connectivity index is 1.61. The minimum atomic E-state index is -0.520. The summed E-state index contributed by atoms with van der Waals surface area (Å²) in [4.78, 5) is 45.8. The van der Waals surface area contributed by atoms with Crippen LogP contribution in [-0.2, 0) is 9.59 Å². The lowest BCUT2D eigenvalue weighted by Crippen LogP contribution is -2.48. The van der Waals surface area contributed by atoms with E-state index in [1.165, 1.54) is 0 Å². The number of carbonyl (C=O) groups excluding carboxylic acids is 3. The highest BCUT2D eigenvalue weighted by atomic mass is 16.2. The Kier molecular flexibility index (Phi) is 6.84.